The second-order valence-electron chi connectivity index (χ2n) is 6.78. The van der Waals surface area contributed by atoms with Gasteiger partial charge in [-0.2, -0.15) is 0 Å². The Balaban J connectivity index is 2.64. The van der Waals surface area contributed by atoms with Crippen LogP contribution in [0.3, 0.4) is 0 Å². The molecule has 2 N–H and O–H groups in total. The van der Waals surface area contributed by atoms with Crippen LogP contribution in [-0.4, -0.2) is 58.2 Å². The molecule has 0 aromatic heterocycles. The molecule has 1 atom stereocenters. The Hall–Kier alpha value is -0.420. The van der Waals surface area contributed by atoms with Crippen molar-refractivity contribution in [3.63, 3.8) is 0 Å². The van der Waals surface area contributed by atoms with Crippen molar-refractivity contribution >= 4 is 0 Å². The fourth-order valence-electron chi connectivity index (χ4n) is 3.31. The van der Waals surface area contributed by atoms with E-state index in [0.29, 0.717) is 19.8 Å². The van der Waals surface area contributed by atoms with E-state index in [1.807, 2.05) is 0 Å². The van der Waals surface area contributed by atoms with Gasteiger partial charge in [-0.15, -0.1) is 6.58 Å². The molecule has 0 amide bonds. The molecule has 0 aromatic rings. The summed E-state index contributed by atoms with van der Waals surface area (Å²) in [5, 5.41) is 20.1. The standard InChI is InChI=1S/C15H29NO3/c1-6-7-19-11-13(18)10-16-14(2,3)8-12(17)9-15(16,4)5/h6,12-13,17-18H,1,7-11H2,2-5H3. The number of aliphatic hydroxyl groups excluding tert-OH is 2. The summed E-state index contributed by atoms with van der Waals surface area (Å²) in [6.07, 6.45) is 2.36. The molecular formula is C15H29NO3. The maximum atomic E-state index is 10.1. The predicted octanol–water partition coefficient (Wildman–Crippen LogP) is 1.56. The van der Waals surface area contributed by atoms with Crippen LogP contribution >= 0.6 is 0 Å². The molecule has 0 spiro atoms. The molecule has 1 aliphatic rings. The first-order valence-electron chi connectivity index (χ1n) is 7.01. The second-order valence-corrected chi connectivity index (χ2v) is 6.78. The number of likely N-dealkylation sites (tertiary alicyclic amines) is 1. The molecule has 1 aliphatic heterocycles. The lowest BCUT2D eigenvalue weighted by Crippen LogP contribution is -2.63. The summed E-state index contributed by atoms with van der Waals surface area (Å²) < 4.78 is 5.30. The van der Waals surface area contributed by atoms with Crippen LogP contribution in [0, 0.1) is 0 Å². The van der Waals surface area contributed by atoms with Gasteiger partial charge < -0.3 is 14.9 Å². The largest absolute Gasteiger partial charge is 0.393 e. The number of nitrogens with zero attached hydrogens (tertiary/aromatic N) is 1. The summed E-state index contributed by atoms with van der Waals surface area (Å²) in [5.41, 5.74) is -0.249. The van der Waals surface area contributed by atoms with Crippen molar-refractivity contribution < 1.29 is 14.9 Å². The third-order valence-corrected chi connectivity index (χ3v) is 3.87. The van der Waals surface area contributed by atoms with Crippen LogP contribution in [0.5, 0.6) is 0 Å². The smallest absolute Gasteiger partial charge is 0.0900 e. The molecule has 1 rings (SSSR count). The highest BCUT2D eigenvalue weighted by Crippen LogP contribution is 2.38. The molecule has 1 saturated heterocycles. The normalized spacial score (nSPS) is 25.2. The van der Waals surface area contributed by atoms with Crippen LogP contribution in [-0.2, 0) is 4.74 Å². The van der Waals surface area contributed by atoms with Crippen molar-refractivity contribution in [2.75, 3.05) is 19.8 Å². The first kappa shape index (κ1) is 16.6. The van der Waals surface area contributed by atoms with E-state index in [4.69, 9.17) is 4.74 Å². The van der Waals surface area contributed by atoms with E-state index >= 15 is 0 Å². The molecule has 19 heavy (non-hydrogen) atoms. The summed E-state index contributed by atoms with van der Waals surface area (Å²) in [4.78, 5) is 2.29. The van der Waals surface area contributed by atoms with Crippen molar-refractivity contribution in [2.45, 2.75) is 63.8 Å². The lowest BCUT2D eigenvalue weighted by Gasteiger charge is -2.55. The summed E-state index contributed by atoms with van der Waals surface area (Å²) in [5.74, 6) is 0. The Morgan fingerprint density at radius 1 is 1.32 bits per heavy atom. The third-order valence-electron chi connectivity index (χ3n) is 3.87. The van der Waals surface area contributed by atoms with Crippen LogP contribution in [0.1, 0.15) is 40.5 Å². The van der Waals surface area contributed by atoms with Crippen LogP contribution in [0.2, 0.25) is 0 Å². The van der Waals surface area contributed by atoms with Gasteiger partial charge in [0.25, 0.3) is 0 Å². The highest BCUT2D eigenvalue weighted by Gasteiger charge is 2.45. The van der Waals surface area contributed by atoms with E-state index < -0.39 is 6.10 Å². The quantitative estimate of drug-likeness (QED) is 0.569. The number of β-amino-alcohol motifs (C(OH)–C–C–N with tert-alkyl or cyclic N) is 1. The molecule has 1 heterocycles. The monoisotopic (exact) mass is 271 g/mol. The maximum Gasteiger partial charge on any atom is 0.0900 e. The van der Waals surface area contributed by atoms with Gasteiger partial charge >= 0.3 is 0 Å². The van der Waals surface area contributed by atoms with Gasteiger partial charge in [0.15, 0.2) is 0 Å². The van der Waals surface area contributed by atoms with Crippen molar-refractivity contribution in [1.82, 2.24) is 4.90 Å². The zero-order valence-corrected chi connectivity index (χ0v) is 12.7. The fourth-order valence-corrected chi connectivity index (χ4v) is 3.31. The van der Waals surface area contributed by atoms with Crippen molar-refractivity contribution in [2.24, 2.45) is 0 Å². The molecular weight excluding hydrogens is 242 g/mol. The zero-order valence-electron chi connectivity index (χ0n) is 12.7. The Kier molecular flexibility index (Phi) is 5.56. The average molecular weight is 271 g/mol. The maximum absolute atomic E-state index is 10.1. The van der Waals surface area contributed by atoms with Crippen molar-refractivity contribution in [1.29, 1.82) is 0 Å². The van der Waals surface area contributed by atoms with E-state index in [-0.39, 0.29) is 17.2 Å². The molecule has 4 nitrogen and oxygen atoms in total. The molecule has 112 valence electrons. The van der Waals surface area contributed by atoms with Gasteiger partial charge in [-0.05, 0) is 40.5 Å². The number of aliphatic hydroxyl groups is 2. The number of hydrogen-bond acceptors (Lipinski definition) is 4. The van der Waals surface area contributed by atoms with Gasteiger partial charge in [-0.1, -0.05) is 6.08 Å². The molecule has 1 fully saturated rings. The van der Waals surface area contributed by atoms with E-state index in [2.05, 4.69) is 39.2 Å². The summed E-state index contributed by atoms with van der Waals surface area (Å²) >= 11 is 0. The number of hydrogen-bond donors (Lipinski definition) is 2. The van der Waals surface area contributed by atoms with Gasteiger partial charge in [-0.25, -0.2) is 0 Å². The topological polar surface area (TPSA) is 52.9 Å². The lowest BCUT2D eigenvalue weighted by atomic mass is 9.78. The molecule has 0 bridgehead atoms. The highest BCUT2D eigenvalue weighted by atomic mass is 16.5. The van der Waals surface area contributed by atoms with Gasteiger partial charge in [0.05, 0.1) is 25.4 Å². The van der Waals surface area contributed by atoms with Gasteiger partial charge in [0.2, 0.25) is 0 Å². The van der Waals surface area contributed by atoms with E-state index in [9.17, 15) is 10.2 Å². The van der Waals surface area contributed by atoms with Crippen LogP contribution < -0.4 is 0 Å². The van der Waals surface area contributed by atoms with Crippen LogP contribution in [0.4, 0.5) is 0 Å². The highest BCUT2D eigenvalue weighted by molar-refractivity contribution is 5.00. The lowest BCUT2D eigenvalue weighted by molar-refractivity contribution is -0.104. The summed E-state index contributed by atoms with van der Waals surface area (Å²) in [6, 6.07) is 0. The molecule has 1 unspecified atom stereocenters. The number of rotatable bonds is 6. The minimum Gasteiger partial charge on any atom is -0.393 e. The number of piperidine rings is 1. The van der Waals surface area contributed by atoms with E-state index in [0.717, 1.165) is 12.8 Å². The molecule has 4 heteroatoms. The Bertz CT molecular complexity index is 284. The first-order valence-corrected chi connectivity index (χ1v) is 7.01. The molecule has 0 aliphatic carbocycles. The molecule has 0 saturated carbocycles. The van der Waals surface area contributed by atoms with Crippen molar-refractivity contribution in [3.05, 3.63) is 12.7 Å². The van der Waals surface area contributed by atoms with Gasteiger partial charge in [0, 0.05) is 17.6 Å². The first-order chi connectivity index (χ1) is 8.69. The second kappa shape index (κ2) is 6.35. The third kappa shape index (κ3) is 4.56. The number of ether oxygens (including phenoxy) is 1. The Morgan fingerprint density at radius 3 is 2.32 bits per heavy atom. The van der Waals surface area contributed by atoms with Gasteiger partial charge in [0.1, 0.15) is 0 Å². The molecule has 0 aromatic carbocycles. The summed E-state index contributed by atoms with van der Waals surface area (Å²) in [6.45, 7) is 13.4. The fraction of sp³-hybridized carbons (Fsp3) is 0.867. The van der Waals surface area contributed by atoms with Crippen LogP contribution in [0.25, 0.3) is 0 Å². The van der Waals surface area contributed by atoms with Crippen LogP contribution in [0.15, 0.2) is 12.7 Å². The minimum absolute atomic E-state index is 0.124. The predicted molar refractivity (Wildman–Crippen MR) is 77.1 cm³/mol. The Labute approximate surface area is 117 Å². The summed E-state index contributed by atoms with van der Waals surface area (Å²) in [7, 11) is 0. The van der Waals surface area contributed by atoms with E-state index in [1.165, 1.54) is 0 Å². The minimum atomic E-state index is -0.520. The Morgan fingerprint density at radius 2 is 1.84 bits per heavy atom. The average Bonchev–Trinajstić information content (AvgIpc) is 2.22. The van der Waals surface area contributed by atoms with Gasteiger partial charge in [-0.3, -0.25) is 4.90 Å². The van der Waals surface area contributed by atoms with Crippen molar-refractivity contribution in [3.8, 4) is 0 Å². The SMILES string of the molecule is C=CCOCC(O)CN1C(C)(C)CC(O)CC1(C)C. The van der Waals surface area contributed by atoms with E-state index in [1.54, 1.807) is 6.08 Å². The zero-order chi connectivity index (χ0) is 14.7. The molecule has 0 radical (unpaired) electrons.